The first kappa shape index (κ1) is 34.6. The van der Waals surface area contributed by atoms with Crippen LogP contribution in [-0.4, -0.2) is 50.0 Å². The lowest BCUT2D eigenvalue weighted by Crippen LogP contribution is -2.55. The average molecular weight is 685 g/mol. The van der Waals surface area contributed by atoms with Crippen molar-refractivity contribution in [3.8, 4) is 0 Å². The Bertz CT molecular complexity index is 1580. The Morgan fingerprint density at radius 3 is 2.18 bits per heavy atom. The summed E-state index contributed by atoms with van der Waals surface area (Å²) in [5.74, 6) is -1.18. The fourth-order valence-electron chi connectivity index (χ4n) is 5.38. The van der Waals surface area contributed by atoms with Gasteiger partial charge < -0.3 is 10.2 Å². The molecule has 0 bridgehead atoms. The summed E-state index contributed by atoms with van der Waals surface area (Å²) >= 11 is 11.8. The number of carbonyl (C=O) groups is 2. The highest BCUT2D eigenvalue weighted by Crippen LogP contribution is 2.37. The molecule has 13 heteroatoms. The number of halogens is 5. The summed E-state index contributed by atoms with van der Waals surface area (Å²) in [4.78, 5) is 29.4. The minimum Gasteiger partial charge on any atom is -0.352 e. The van der Waals surface area contributed by atoms with Crippen LogP contribution in [0.4, 0.5) is 18.9 Å². The molecular formula is C32H34Cl2F3N3O4S. The molecular weight excluding hydrogens is 650 g/mol. The van der Waals surface area contributed by atoms with Crippen molar-refractivity contribution in [2.24, 2.45) is 0 Å². The van der Waals surface area contributed by atoms with Crippen molar-refractivity contribution in [2.75, 3.05) is 17.1 Å². The topological polar surface area (TPSA) is 86.8 Å². The highest BCUT2D eigenvalue weighted by Gasteiger charge is 2.37. The van der Waals surface area contributed by atoms with Crippen LogP contribution in [0.5, 0.6) is 0 Å². The third-order valence-corrected chi connectivity index (χ3v) is 9.43. The van der Waals surface area contributed by atoms with Gasteiger partial charge in [-0.3, -0.25) is 13.9 Å². The van der Waals surface area contributed by atoms with Crippen molar-refractivity contribution in [3.63, 3.8) is 0 Å². The SMILES string of the molecule is CS(=O)(=O)N(CC(=O)N(Cc1ccc(Cl)cc1)C(Cc1ccccc1)C(=O)NC1CCCCC1)c1ccc(Cl)c(C(F)(F)F)c1. The summed E-state index contributed by atoms with van der Waals surface area (Å²) in [7, 11) is -4.27. The maximum Gasteiger partial charge on any atom is 0.417 e. The van der Waals surface area contributed by atoms with Crippen LogP contribution in [0.3, 0.4) is 0 Å². The zero-order valence-corrected chi connectivity index (χ0v) is 26.9. The minimum absolute atomic E-state index is 0.0700. The molecule has 1 fully saturated rings. The Balaban J connectivity index is 1.75. The van der Waals surface area contributed by atoms with Gasteiger partial charge >= 0.3 is 6.18 Å². The number of carbonyl (C=O) groups excluding carboxylic acids is 2. The molecule has 7 nitrogen and oxygen atoms in total. The van der Waals surface area contributed by atoms with Crippen LogP contribution in [0.1, 0.15) is 48.8 Å². The number of nitrogens with zero attached hydrogens (tertiary/aromatic N) is 2. The van der Waals surface area contributed by atoms with E-state index in [0.717, 1.165) is 56.1 Å². The molecule has 0 spiro atoms. The van der Waals surface area contributed by atoms with Gasteiger partial charge in [-0.1, -0.05) is 84.9 Å². The molecule has 3 aromatic carbocycles. The van der Waals surface area contributed by atoms with E-state index in [4.69, 9.17) is 23.2 Å². The molecule has 4 rings (SSSR count). The summed E-state index contributed by atoms with van der Waals surface area (Å²) < 4.78 is 67.5. The molecule has 3 aromatic rings. The van der Waals surface area contributed by atoms with Crippen LogP contribution in [0.15, 0.2) is 72.8 Å². The Morgan fingerprint density at radius 1 is 0.933 bits per heavy atom. The second-order valence-corrected chi connectivity index (χ2v) is 13.9. The van der Waals surface area contributed by atoms with Gasteiger partial charge in [0.15, 0.2) is 0 Å². The number of alkyl halides is 3. The number of hydrogen-bond donors (Lipinski definition) is 1. The number of nitrogens with one attached hydrogen (secondary N) is 1. The predicted octanol–water partition coefficient (Wildman–Crippen LogP) is 6.87. The number of hydrogen-bond acceptors (Lipinski definition) is 4. The van der Waals surface area contributed by atoms with E-state index in [2.05, 4.69) is 5.32 Å². The zero-order valence-electron chi connectivity index (χ0n) is 24.6. The second-order valence-electron chi connectivity index (χ2n) is 11.1. The van der Waals surface area contributed by atoms with Gasteiger partial charge in [-0.2, -0.15) is 13.2 Å². The van der Waals surface area contributed by atoms with E-state index in [1.165, 1.54) is 4.90 Å². The third-order valence-electron chi connectivity index (χ3n) is 7.71. The van der Waals surface area contributed by atoms with E-state index in [1.54, 1.807) is 36.4 Å². The number of benzene rings is 3. The van der Waals surface area contributed by atoms with Gasteiger partial charge in [0.2, 0.25) is 21.8 Å². The van der Waals surface area contributed by atoms with Gasteiger partial charge in [-0.15, -0.1) is 0 Å². The van der Waals surface area contributed by atoms with E-state index in [-0.39, 0.29) is 24.7 Å². The standard InChI is InChI=1S/C32H34Cl2F3N3O4S/c1-45(43,44)40(26-16-17-28(34)27(19-26)32(35,36)37)21-30(41)39(20-23-12-14-24(33)15-13-23)29(18-22-8-4-2-5-9-22)31(42)38-25-10-6-3-7-11-25/h2,4-5,8-9,12-17,19,25,29H,3,6-7,10-11,18,20-21H2,1H3,(H,38,42). The highest BCUT2D eigenvalue weighted by molar-refractivity contribution is 7.92. The fraction of sp³-hybridized carbons (Fsp3) is 0.375. The first-order valence-corrected chi connectivity index (χ1v) is 17.1. The van der Waals surface area contributed by atoms with E-state index in [1.807, 2.05) is 18.2 Å². The van der Waals surface area contributed by atoms with Crippen molar-refractivity contribution in [1.82, 2.24) is 10.2 Å². The van der Waals surface area contributed by atoms with Gasteiger partial charge in [0.25, 0.3) is 0 Å². The summed E-state index contributed by atoms with van der Waals surface area (Å²) in [6.45, 7) is -0.940. The van der Waals surface area contributed by atoms with E-state index in [0.29, 0.717) is 21.0 Å². The molecule has 1 saturated carbocycles. The Morgan fingerprint density at radius 2 is 1.58 bits per heavy atom. The van der Waals surface area contributed by atoms with Crippen molar-refractivity contribution in [1.29, 1.82) is 0 Å². The van der Waals surface area contributed by atoms with E-state index < -0.39 is 51.2 Å². The molecule has 0 heterocycles. The molecule has 1 atom stereocenters. The molecule has 1 unspecified atom stereocenters. The highest BCUT2D eigenvalue weighted by atomic mass is 35.5. The predicted molar refractivity (Wildman–Crippen MR) is 170 cm³/mol. The van der Waals surface area contributed by atoms with Crippen LogP contribution in [0.2, 0.25) is 10.0 Å². The van der Waals surface area contributed by atoms with Gasteiger partial charge in [0.1, 0.15) is 12.6 Å². The molecule has 0 saturated heterocycles. The third kappa shape index (κ3) is 9.61. The fourth-order valence-corrected chi connectivity index (χ4v) is 6.58. The lowest BCUT2D eigenvalue weighted by Gasteiger charge is -2.35. The molecule has 1 N–H and O–H groups in total. The Kier molecular flexibility index (Phi) is 11.4. The first-order valence-electron chi connectivity index (χ1n) is 14.4. The van der Waals surface area contributed by atoms with Gasteiger partial charge in [0, 0.05) is 24.0 Å². The number of anilines is 1. The first-order chi connectivity index (χ1) is 21.2. The lowest BCUT2D eigenvalue weighted by atomic mass is 9.94. The normalized spacial score (nSPS) is 14.9. The summed E-state index contributed by atoms with van der Waals surface area (Å²) in [5, 5.41) is 2.93. The molecule has 1 aliphatic rings. The molecule has 0 radical (unpaired) electrons. The number of amides is 2. The summed E-state index contributed by atoms with van der Waals surface area (Å²) in [5.41, 5.74) is -0.245. The average Bonchev–Trinajstić information content (AvgIpc) is 2.99. The van der Waals surface area contributed by atoms with Crippen LogP contribution in [0.25, 0.3) is 0 Å². The quantitative estimate of drug-likeness (QED) is 0.239. The molecule has 0 aliphatic heterocycles. The van der Waals surface area contributed by atoms with E-state index >= 15 is 0 Å². The second kappa shape index (κ2) is 14.9. The minimum atomic E-state index is -4.86. The number of sulfonamides is 1. The Hall–Kier alpha value is -3.28. The van der Waals surface area contributed by atoms with Gasteiger partial charge in [-0.25, -0.2) is 8.42 Å². The molecule has 0 aromatic heterocycles. The number of rotatable bonds is 11. The maximum atomic E-state index is 14.2. The van der Waals surface area contributed by atoms with Crippen molar-refractivity contribution in [2.45, 2.75) is 63.3 Å². The van der Waals surface area contributed by atoms with Crippen LogP contribution in [0, 0.1) is 0 Å². The van der Waals surface area contributed by atoms with Crippen molar-refractivity contribution >= 4 is 50.7 Å². The van der Waals surface area contributed by atoms with Crippen molar-refractivity contribution < 1.29 is 31.2 Å². The lowest BCUT2D eigenvalue weighted by molar-refractivity contribution is -0.140. The van der Waals surface area contributed by atoms with Gasteiger partial charge in [-0.05, 0) is 54.3 Å². The maximum absolute atomic E-state index is 14.2. The van der Waals surface area contributed by atoms with Crippen LogP contribution in [-0.2, 0) is 38.8 Å². The van der Waals surface area contributed by atoms with Crippen LogP contribution >= 0.6 is 23.2 Å². The summed E-state index contributed by atoms with van der Waals surface area (Å²) in [6, 6.07) is 17.2. The molecule has 1 aliphatic carbocycles. The van der Waals surface area contributed by atoms with Crippen molar-refractivity contribution in [3.05, 3.63) is 99.5 Å². The smallest absolute Gasteiger partial charge is 0.352 e. The largest absolute Gasteiger partial charge is 0.417 e. The molecule has 2 amide bonds. The van der Waals surface area contributed by atoms with Gasteiger partial charge in [0.05, 0.1) is 22.5 Å². The zero-order chi connectivity index (χ0) is 32.8. The summed E-state index contributed by atoms with van der Waals surface area (Å²) in [6.07, 6.45) is 0.656. The monoisotopic (exact) mass is 683 g/mol. The van der Waals surface area contributed by atoms with E-state index in [9.17, 15) is 31.2 Å². The van der Waals surface area contributed by atoms with Crippen LogP contribution < -0.4 is 9.62 Å². The molecule has 45 heavy (non-hydrogen) atoms. The molecule has 242 valence electrons. The Labute approximate surface area is 271 Å².